The summed E-state index contributed by atoms with van der Waals surface area (Å²) in [6, 6.07) is 9.78. The molecule has 0 aliphatic carbocycles. The molecule has 0 unspecified atom stereocenters. The van der Waals surface area contributed by atoms with Crippen molar-refractivity contribution < 1.29 is 8.42 Å². The Labute approximate surface area is 136 Å². The first-order valence-electron chi connectivity index (χ1n) is 7.35. The minimum atomic E-state index is -2.97. The van der Waals surface area contributed by atoms with Crippen molar-refractivity contribution in [2.24, 2.45) is 4.99 Å². The van der Waals surface area contributed by atoms with Gasteiger partial charge in [0.15, 0.2) is 15.0 Å². The minimum absolute atomic E-state index is 0.0541. The minimum Gasteiger partial charge on any atom is -0.315 e. The van der Waals surface area contributed by atoms with E-state index in [0.29, 0.717) is 0 Å². The van der Waals surface area contributed by atoms with Crippen LogP contribution in [0.1, 0.15) is 13.8 Å². The van der Waals surface area contributed by atoms with Crippen molar-refractivity contribution >= 4 is 32.5 Å². The lowest BCUT2D eigenvalue weighted by Crippen LogP contribution is -2.39. The number of benzene rings is 1. The SMILES string of the molecule is CC(C)=CCSC1=N[C@H]2CS(=O)(=O)C[C@@H]2N1c1ccccc1. The fraction of sp³-hybridized carbons (Fsp3) is 0.438. The molecular weight excluding hydrogens is 316 g/mol. The van der Waals surface area contributed by atoms with E-state index >= 15 is 0 Å². The smallest absolute Gasteiger partial charge is 0.164 e. The zero-order chi connectivity index (χ0) is 15.7. The van der Waals surface area contributed by atoms with E-state index in [1.807, 2.05) is 30.3 Å². The van der Waals surface area contributed by atoms with Crippen LogP contribution in [-0.4, -0.2) is 42.9 Å². The molecule has 1 saturated heterocycles. The van der Waals surface area contributed by atoms with Gasteiger partial charge in [-0.1, -0.05) is 41.6 Å². The van der Waals surface area contributed by atoms with Crippen molar-refractivity contribution in [2.75, 3.05) is 22.2 Å². The van der Waals surface area contributed by atoms with Crippen LogP contribution in [0.5, 0.6) is 0 Å². The highest BCUT2D eigenvalue weighted by Gasteiger charge is 2.46. The molecule has 2 atom stereocenters. The maximum atomic E-state index is 11.9. The number of nitrogens with zero attached hydrogens (tertiary/aromatic N) is 2. The third-order valence-electron chi connectivity index (χ3n) is 3.85. The summed E-state index contributed by atoms with van der Waals surface area (Å²) in [4.78, 5) is 6.81. The van der Waals surface area contributed by atoms with Crippen molar-refractivity contribution in [3.05, 3.63) is 42.0 Å². The molecule has 0 radical (unpaired) electrons. The molecule has 1 aromatic rings. The summed E-state index contributed by atoms with van der Waals surface area (Å²) in [6.07, 6.45) is 2.17. The largest absolute Gasteiger partial charge is 0.315 e. The van der Waals surface area contributed by atoms with Crippen molar-refractivity contribution in [1.29, 1.82) is 0 Å². The first kappa shape index (κ1) is 15.6. The van der Waals surface area contributed by atoms with Gasteiger partial charge in [-0.25, -0.2) is 8.42 Å². The number of sulfone groups is 1. The number of para-hydroxylation sites is 1. The third kappa shape index (κ3) is 3.22. The van der Waals surface area contributed by atoms with Gasteiger partial charge in [0.25, 0.3) is 0 Å². The van der Waals surface area contributed by atoms with E-state index in [9.17, 15) is 8.42 Å². The fourth-order valence-corrected chi connectivity index (χ4v) is 5.81. The molecule has 1 fully saturated rings. The summed E-state index contributed by atoms with van der Waals surface area (Å²) in [5.41, 5.74) is 2.30. The second-order valence-corrected chi connectivity index (χ2v) is 9.06. The van der Waals surface area contributed by atoms with Crippen molar-refractivity contribution in [3.63, 3.8) is 0 Å². The number of amidine groups is 1. The number of thioether (sulfide) groups is 1. The van der Waals surface area contributed by atoms with Gasteiger partial charge in [0.05, 0.1) is 23.6 Å². The molecule has 0 amide bonds. The summed E-state index contributed by atoms with van der Waals surface area (Å²) >= 11 is 1.68. The summed E-state index contributed by atoms with van der Waals surface area (Å²) < 4.78 is 23.8. The molecule has 0 N–H and O–H groups in total. The molecule has 4 nitrogen and oxygen atoms in total. The Kier molecular flexibility index (Phi) is 4.32. The quantitative estimate of drug-likeness (QED) is 0.797. The van der Waals surface area contributed by atoms with Crippen molar-refractivity contribution in [1.82, 2.24) is 0 Å². The molecule has 0 saturated carbocycles. The van der Waals surface area contributed by atoms with Crippen LogP contribution in [0.25, 0.3) is 0 Å². The molecule has 0 spiro atoms. The highest BCUT2D eigenvalue weighted by atomic mass is 32.2. The first-order chi connectivity index (χ1) is 10.5. The molecule has 3 rings (SSSR count). The van der Waals surface area contributed by atoms with Gasteiger partial charge < -0.3 is 4.90 Å². The van der Waals surface area contributed by atoms with Gasteiger partial charge in [0.1, 0.15) is 0 Å². The zero-order valence-corrected chi connectivity index (χ0v) is 14.4. The summed E-state index contributed by atoms with van der Waals surface area (Å²) in [7, 11) is -2.97. The van der Waals surface area contributed by atoms with Gasteiger partial charge in [-0.2, -0.15) is 0 Å². The Bertz CT molecular complexity index is 707. The number of aliphatic imine (C=N–C) groups is 1. The second-order valence-electron chi connectivity index (χ2n) is 5.92. The fourth-order valence-electron chi connectivity index (χ4n) is 2.81. The molecule has 0 bridgehead atoms. The lowest BCUT2D eigenvalue weighted by Gasteiger charge is -2.26. The van der Waals surface area contributed by atoms with Gasteiger partial charge in [-0.15, -0.1) is 0 Å². The Morgan fingerprint density at radius 3 is 2.73 bits per heavy atom. The number of allylic oxidation sites excluding steroid dienone is 1. The molecular formula is C16H20N2O2S2. The van der Waals surface area contributed by atoms with Crippen LogP contribution in [0, 0.1) is 0 Å². The molecule has 1 aromatic carbocycles. The molecule has 2 aliphatic rings. The van der Waals surface area contributed by atoms with Crippen LogP contribution in [0.3, 0.4) is 0 Å². The normalized spacial score (nSPS) is 25.7. The zero-order valence-electron chi connectivity index (χ0n) is 12.8. The predicted molar refractivity (Wildman–Crippen MR) is 94.5 cm³/mol. The number of rotatable bonds is 3. The molecule has 118 valence electrons. The van der Waals surface area contributed by atoms with Crippen LogP contribution in [-0.2, 0) is 9.84 Å². The standard InChI is InChI=1S/C16H20N2O2S2/c1-12(2)8-9-21-16-17-14-10-22(19,20)11-15(14)18(16)13-6-4-3-5-7-13/h3-8,14-15H,9-11H2,1-2H3/t14-,15-/m0/s1. The predicted octanol–water partition coefficient (Wildman–Crippen LogP) is 2.73. The summed E-state index contributed by atoms with van der Waals surface area (Å²) in [5, 5.41) is 0.939. The molecule has 0 aromatic heterocycles. The van der Waals surface area contributed by atoms with Gasteiger partial charge in [0, 0.05) is 11.4 Å². The Balaban J connectivity index is 1.88. The van der Waals surface area contributed by atoms with E-state index < -0.39 is 9.84 Å². The Morgan fingerprint density at radius 1 is 1.32 bits per heavy atom. The van der Waals surface area contributed by atoms with Gasteiger partial charge in [-0.05, 0) is 26.0 Å². The maximum absolute atomic E-state index is 11.9. The first-order valence-corrected chi connectivity index (χ1v) is 10.2. The highest BCUT2D eigenvalue weighted by Crippen LogP contribution is 2.34. The monoisotopic (exact) mass is 336 g/mol. The van der Waals surface area contributed by atoms with E-state index in [1.54, 1.807) is 11.8 Å². The lowest BCUT2D eigenvalue weighted by molar-refractivity contribution is 0.601. The average Bonchev–Trinajstić information content (AvgIpc) is 2.90. The number of anilines is 1. The molecule has 6 heteroatoms. The van der Waals surface area contributed by atoms with Crippen LogP contribution < -0.4 is 4.90 Å². The summed E-state index contributed by atoms with van der Waals surface area (Å²) in [6.45, 7) is 4.15. The molecule has 2 heterocycles. The van der Waals surface area contributed by atoms with E-state index in [4.69, 9.17) is 4.99 Å². The van der Waals surface area contributed by atoms with Crippen molar-refractivity contribution in [3.8, 4) is 0 Å². The lowest BCUT2D eigenvalue weighted by atomic mass is 10.1. The number of fused-ring (bicyclic) bond motifs is 1. The van der Waals surface area contributed by atoms with Gasteiger partial charge in [0.2, 0.25) is 0 Å². The molecule has 2 aliphatic heterocycles. The van der Waals surface area contributed by atoms with E-state index in [2.05, 4.69) is 24.8 Å². The van der Waals surface area contributed by atoms with Crippen LogP contribution in [0.15, 0.2) is 47.0 Å². The Morgan fingerprint density at radius 2 is 2.05 bits per heavy atom. The van der Waals surface area contributed by atoms with E-state index in [1.165, 1.54) is 5.57 Å². The number of hydrogen-bond acceptors (Lipinski definition) is 5. The average molecular weight is 336 g/mol. The third-order valence-corrected chi connectivity index (χ3v) is 6.44. The summed E-state index contributed by atoms with van der Waals surface area (Å²) in [5.74, 6) is 1.23. The Hall–Kier alpha value is -1.27. The van der Waals surface area contributed by atoms with E-state index in [0.717, 1.165) is 16.6 Å². The maximum Gasteiger partial charge on any atom is 0.164 e. The second kappa shape index (κ2) is 6.08. The topological polar surface area (TPSA) is 49.7 Å². The van der Waals surface area contributed by atoms with Crippen molar-refractivity contribution in [2.45, 2.75) is 25.9 Å². The van der Waals surface area contributed by atoms with Crippen LogP contribution in [0.4, 0.5) is 5.69 Å². The van der Waals surface area contributed by atoms with E-state index in [-0.39, 0.29) is 23.6 Å². The highest BCUT2D eigenvalue weighted by molar-refractivity contribution is 8.14. The van der Waals surface area contributed by atoms with Gasteiger partial charge >= 0.3 is 0 Å². The molecule has 22 heavy (non-hydrogen) atoms. The van der Waals surface area contributed by atoms with Gasteiger partial charge in [-0.3, -0.25) is 4.99 Å². The number of hydrogen-bond donors (Lipinski definition) is 0. The van der Waals surface area contributed by atoms with Crippen LogP contribution in [0.2, 0.25) is 0 Å². The van der Waals surface area contributed by atoms with Crippen LogP contribution >= 0.6 is 11.8 Å².